The van der Waals surface area contributed by atoms with Gasteiger partial charge < -0.3 is 30.2 Å². The van der Waals surface area contributed by atoms with Crippen molar-refractivity contribution in [2.75, 3.05) is 18.9 Å². The van der Waals surface area contributed by atoms with Crippen LogP contribution < -0.4 is 11.4 Å². The molecule has 1 saturated heterocycles. The number of esters is 2. The molecule has 0 radical (unpaired) electrons. The third-order valence-corrected chi connectivity index (χ3v) is 3.71. The molecule has 0 aliphatic carbocycles. The Hall–Kier alpha value is -2.50. The fraction of sp³-hybridized carbons (Fsp3) is 0.600. The van der Waals surface area contributed by atoms with Crippen molar-refractivity contribution in [3.05, 3.63) is 22.7 Å². The zero-order chi connectivity index (χ0) is 19.3. The lowest BCUT2D eigenvalue weighted by atomic mass is 10.1. The third kappa shape index (κ3) is 4.77. The van der Waals surface area contributed by atoms with Crippen molar-refractivity contribution >= 4 is 17.8 Å². The quantitative estimate of drug-likeness (QED) is 0.472. The number of aromatic nitrogens is 2. The van der Waals surface area contributed by atoms with Crippen LogP contribution in [-0.4, -0.2) is 63.2 Å². The summed E-state index contributed by atoms with van der Waals surface area (Å²) >= 11 is 0. The van der Waals surface area contributed by atoms with Gasteiger partial charge in [-0.15, -0.1) is 0 Å². The van der Waals surface area contributed by atoms with E-state index in [0.29, 0.717) is 0 Å². The van der Waals surface area contributed by atoms with E-state index in [-0.39, 0.29) is 31.9 Å². The first-order valence-corrected chi connectivity index (χ1v) is 8.01. The van der Waals surface area contributed by atoms with Crippen LogP contribution in [0.15, 0.2) is 17.1 Å². The molecule has 144 valence electrons. The lowest BCUT2D eigenvalue weighted by Gasteiger charge is -2.16. The number of ether oxygens (including phenoxy) is 3. The summed E-state index contributed by atoms with van der Waals surface area (Å²) in [4.78, 5) is 38.2. The molecule has 0 aromatic carbocycles. The zero-order valence-electron chi connectivity index (χ0n) is 14.1. The average Bonchev–Trinajstić information content (AvgIpc) is 2.87. The Bertz CT molecular complexity index is 706. The molecule has 26 heavy (non-hydrogen) atoms. The average molecular weight is 371 g/mol. The van der Waals surface area contributed by atoms with Gasteiger partial charge in [-0.3, -0.25) is 14.2 Å². The van der Waals surface area contributed by atoms with Gasteiger partial charge in [-0.2, -0.15) is 4.98 Å². The van der Waals surface area contributed by atoms with Crippen molar-refractivity contribution < 1.29 is 34.0 Å². The summed E-state index contributed by atoms with van der Waals surface area (Å²) in [5, 5.41) is 20.1. The van der Waals surface area contributed by atoms with E-state index in [2.05, 4.69) is 4.98 Å². The number of aliphatic hydroxyl groups is 2. The largest absolute Gasteiger partial charge is 0.466 e. The van der Waals surface area contributed by atoms with Gasteiger partial charge >= 0.3 is 17.6 Å². The van der Waals surface area contributed by atoms with Crippen molar-refractivity contribution in [1.29, 1.82) is 0 Å². The third-order valence-electron chi connectivity index (χ3n) is 3.71. The van der Waals surface area contributed by atoms with Gasteiger partial charge in [0.1, 0.15) is 30.7 Å². The van der Waals surface area contributed by atoms with Gasteiger partial charge in [0, 0.05) is 6.20 Å². The molecule has 11 nitrogen and oxygen atoms in total. The number of hydrogen-bond donors (Lipinski definition) is 3. The monoisotopic (exact) mass is 371 g/mol. The molecule has 2 heterocycles. The normalized spacial score (nSPS) is 25.0. The number of carbonyl (C=O) groups excluding carboxylic acids is 2. The van der Waals surface area contributed by atoms with Crippen LogP contribution in [0.25, 0.3) is 0 Å². The maximum Gasteiger partial charge on any atom is 0.351 e. The highest BCUT2D eigenvalue weighted by atomic mass is 16.6. The second-order valence-corrected chi connectivity index (χ2v) is 5.58. The number of nitrogens with zero attached hydrogens (tertiary/aromatic N) is 2. The second kappa shape index (κ2) is 8.74. The fourth-order valence-corrected chi connectivity index (χ4v) is 2.40. The molecule has 1 aliphatic rings. The van der Waals surface area contributed by atoms with Crippen molar-refractivity contribution in [2.45, 2.75) is 44.3 Å². The van der Waals surface area contributed by atoms with Crippen molar-refractivity contribution in [1.82, 2.24) is 9.55 Å². The molecule has 1 aromatic rings. The minimum Gasteiger partial charge on any atom is -0.466 e. The van der Waals surface area contributed by atoms with Gasteiger partial charge in [0.25, 0.3) is 0 Å². The summed E-state index contributed by atoms with van der Waals surface area (Å²) in [5.41, 5.74) is 4.64. The number of nitrogens with two attached hydrogens (primary N) is 1. The van der Waals surface area contributed by atoms with Crippen LogP contribution in [0.4, 0.5) is 5.82 Å². The van der Waals surface area contributed by atoms with E-state index in [0.717, 1.165) is 4.57 Å². The van der Waals surface area contributed by atoms with Gasteiger partial charge in [-0.05, 0) is 13.0 Å². The van der Waals surface area contributed by atoms with Gasteiger partial charge in [0.15, 0.2) is 6.23 Å². The number of anilines is 1. The fourth-order valence-electron chi connectivity index (χ4n) is 2.40. The van der Waals surface area contributed by atoms with Crippen LogP contribution >= 0.6 is 0 Å². The summed E-state index contributed by atoms with van der Waals surface area (Å²) in [6.45, 7) is 1.51. The number of nitrogen functional groups attached to an aromatic ring is 1. The van der Waals surface area contributed by atoms with Crippen LogP contribution in [-0.2, 0) is 23.8 Å². The van der Waals surface area contributed by atoms with Crippen LogP contribution in [0.5, 0.6) is 0 Å². The molecular weight excluding hydrogens is 350 g/mol. The van der Waals surface area contributed by atoms with Crippen molar-refractivity contribution in [2.24, 2.45) is 0 Å². The Morgan fingerprint density at radius 3 is 2.54 bits per heavy atom. The summed E-state index contributed by atoms with van der Waals surface area (Å²) in [6, 6.07) is 1.34. The topological polar surface area (TPSA) is 163 Å². The van der Waals surface area contributed by atoms with E-state index in [1.54, 1.807) is 6.92 Å². The Kier molecular flexibility index (Phi) is 6.66. The van der Waals surface area contributed by atoms with E-state index in [9.17, 15) is 24.6 Å². The smallest absolute Gasteiger partial charge is 0.351 e. The van der Waals surface area contributed by atoms with E-state index in [4.69, 9.17) is 19.9 Å². The molecule has 0 bridgehead atoms. The van der Waals surface area contributed by atoms with E-state index < -0.39 is 42.2 Å². The van der Waals surface area contributed by atoms with Gasteiger partial charge in [0.2, 0.25) is 0 Å². The summed E-state index contributed by atoms with van der Waals surface area (Å²) in [7, 11) is 0. The summed E-state index contributed by atoms with van der Waals surface area (Å²) < 4.78 is 16.0. The van der Waals surface area contributed by atoms with E-state index in [1.165, 1.54) is 12.3 Å². The molecular formula is C15H21N3O8. The maximum absolute atomic E-state index is 11.8. The van der Waals surface area contributed by atoms with E-state index >= 15 is 0 Å². The first-order chi connectivity index (χ1) is 12.3. The first-order valence-electron chi connectivity index (χ1n) is 8.01. The number of rotatable bonds is 7. The molecule has 4 atom stereocenters. The molecule has 11 heteroatoms. The molecule has 4 N–H and O–H groups in total. The minimum absolute atomic E-state index is 0.00589. The van der Waals surface area contributed by atoms with Gasteiger partial charge in [0.05, 0.1) is 19.4 Å². The highest BCUT2D eigenvalue weighted by Gasteiger charge is 2.44. The highest BCUT2D eigenvalue weighted by Crippen LogP contribution is 2.28. The molecule has 1 fully saturated rings. The number of aliphatic hydroxyl groups excluding tert-OH is 2. The number of carbonyl (C=O) groups is 2. The molecule has 0 unspecified atom stereocenters. The predicted octanol–water partition coefficient (Wildman–Crippen LogP) is -1.67. The molecule has 1 aliphatic heterocycles. The highest BCUT2D eigenvalue weighted by molar-refractivity contribution is 5.77. The molecule has 0 amide bonds. The standard InChI is InChI=1S/C15H21N3O8/c1-2-24-10(19)3-4-11(20)25-7-8-12(21)13(22)14(26-8)18-6-5-9(16)17-15(18)23/h5-6,8,12-14,21-22H,2-4,7H2,1H3,(H2,16,17,23)/t8-,12-,13-,14-/m1/s1. The van der Waals surface area contributed by atoms with Crippen molar-refractivity contribution in [3.63, 3.8) is 0 Å². The zero-order valence-corrected chi connectivity index (χ0v) is 14.1. The Morgan fingerprint density at radius 2 is 1.92 bits per heavy atom. The molecule has 0 saturated carbocycles. The predicted molar refractivity (Wildman–Crippen MR) is 85.7 cm³/mol. The van der Waals surface area contributed by atoms with Gasteiger partial charge in [-0.1, -0.05) is 0 Å². The first kappa shape index (κ1) is 19.8. The van der Waals surface area contributed by atoms with Crippen LogP contribution in [0.2, 0.25) is 0 Å². The minimum atomic E-state index is -1.43. The number of hydrogen-bond acceptors (Lipinski definition) is 10. The summed E-state index contributed by atoms with van der Waals surface area (Å²) in [6.07, 6.45) is -4.10. The molecule has 1 aromatic heterocycles. The van der Waals surface area contributed by atoms with Crippen LogP contribution in [0, 0.1) is 0 Å². The second-order valence-electron chi connectivity index (χ2n) is 5.58. The lowest BCUT2D eigenvalue weighted by molar-refractivity contribution is -0.154. The van der Waals surface area contributed by atoms with Crippen LogP contribution in [0.1, 0.15) is 26.0 Å². The van der Waals surface area contributed by atoms with Crippen molar-refractivity contribution in [3.8, 4) is 0 Å². The summed E-state index contributed by atoms with van der Waals surface area (Å²) in [5.74, 6) is -1.20. The maximum atomic E-state index is 11.8. The Balaban J connectivity index is 1.90. The molecule has 2 rings (SSSR count). The molecule has 0 spiro atoms. The SMILES string of the molecule is CCOC(=O)CCC(=O)OC[C@H]1O[C@@H](n2ccc(N)nc2=O)[C@H](O)[C@@H]1O. The van der Waals surface area contributed by atoms with Crippen LogP contribution in [0.3, 0.4) is 0 Å². The lowest BCUT2D eigenvalue weighted by Crippen LogP contribution is -2.36. The van der Waals surface area contributed by atoms with E-state index in [1.807, 2.05) is 0 Å². The van der Waals surface area contributed by atoms with Gasteiger partial charge in [-0.25, -0.2) is 4.79 Å². The Morgan fingerprint density at radius 1 is 1.27 bits per heavy atom. The Labute approximate surface area is 148 Å².